The SMILES string of the molecule is Cc1cc(Br)ccc1NC(=O)CN(C)C(=O)CCCc1ccc(Br)s1. The minimum atomic E-state index is -0.191. The van der Waals surface area contributed by atoms with E-state index < -0.39 is 0 Å². The number of rotatable bonds is 7. The number of carbonyl (C=O) groups is 2. The van der Waals surface area contributed by atoms with Crippen LogP contribution in [0.2, 0.25) is 0 Å². The van der Waals surface area contributed by atoms with Gasteiger partial charge in [-0.05, 0) is 71.6 Å². The molecule has 2 aromatic rings. The van der Waals surface area contributed by atoms with Gasteiger partial charge in [-0.3, -0.25) is 9.59 Å². The molecule has 0 radical (unpaired) electrons. The van der Waals surface area contributed by atoms with Crippen molar-refractivity contribution in [3.63, 3.8) is 0 Å². The van der Waals surface area contributed by atoms with Crippen LogP contribution in [0.4, 0.5) is 5.69 Å². The highest BCUT2D eigenvalue weighted by molar-refractivity contribution is 9.11. The van der Waals surface area contributed by atoms with Crippen molar-refractivity contribution in [1.82, 2.24) is 4.90 Å². The van der Waals surface area contributed by atoms with Crippen LogP contribution in [0.25, 0.3) is 0 Å². The zero-order chi connectivity index (χ0) is 18.4. The first-order valence-corrected chi connectivity index (χ1v) is 10.3. The molecule has 0 aliphatic rings. The maximum atomic E-state index is 12.2. The van der Waals surface area contributed by atoms with Crippen LogP contribution in [-0.4, -0.2) is 30.3 Å². The van der Waals surface area contributed by atoms with E-state index in [1.165, 1.54) is 9.78 Å². The third-order valence-electron chi connectivity index (χ3n) is 3.71. The van der Waals surface area contributed by atoms with E-state index in [0.717, 1.165) is 32.4 Å². The van der Waals surface area contributed by atoms with E-state index >= 15 is 0 Å². The zero-order valence-electron chi connectivity index (χ0n) is 14.1. The second kappa shape index (κ2) is 9.50. The van der Waals surface area contributed by atoms with Gasteiger partial charge in [-0.15, -0.1) is 11.3 Å². The summed E-state index contributed by atoms with van der Waals surface area (Å²) in [4.78, 5) is 27.0. The Hall–Kier alpha value is -1.18. The zero-order valence-corrected chi connectivity index (χ0v) is 18.1. The lowest BCUT2D eigenvalue weighted by Gasteiger charge is -2.17. The molecule has 0 atom stereocenters. The average Bonchev–Trinajstić information content (AvgIpc) is 2.95. The molecule has 4 nitrogen and oxygen atoms in total. The van der Waals surface area contributed by atoms with E-state index in [2.05, 4.69) is 43.2 Å². The number of aryl methyl sites for hydroxylation is 2. The maximum Gasteiger partial charge on any atom is 0.243 e. The number of hydrogen-bond donors (Lipinski definition) is 1. The van der Waals surface area contributed by atoms with Gasteiger partial charge in [0.2, 0.25) is 11.8 Å². The Kier molecular flexibility index (Phi) is 7.65. The first-order valence-electron chi connectivity index (χ1n) is 7.89. The van der Waals surface area contributed by atoms with E-state index in [1.54, 1.807) is 18.4 Å². The maximum absolute atomic E-state index is 12.2. The predicted molar refractivity (Wildman–Crippen MR) is 110 cm³/mol. The van der Waals surface area contributed by atoms with Gasteiger partial charge in [0.15, 0.2) is 0 Å². The number of likely N-dealkylation sites (N-methyl/N-ethyl adjacent to an activating group) is 1. The number of benzene rings is 1. The molecule has 0 saturated heterocycles. The fourth-order valence-electron chi connectivity index (χ4n) is 2.35. The van der Waals surface area contributed by atoms with Crippen LogP contribution in [-0.2, 0) is 16.0 Å². The van der Waals surface area contributed by atoms with Gasteiger partial charge in [0, 0.05) is 28.5 Å². The Balaban J connectivity index is 1.76. The van der Waals surface area contributed by atoms with E-state index in [1.807, 2.05) is 31.2 Å². The fourth-order valence-corrected chi connectivity index (χ4v) is 4.35. The summed E-state index contributed by atoms with van der Waals surface area (Å²) < 4.78 is 2.07. The van der Waals surface area contributed by atoms with Crippen molar-refractivity contribution >= 4 is 60.7 Å². The van der Waals surface area contributed by atoms with Gasteiger partial charge in [0.1, 0.15) is 0 Å². The Morgan fingerprint density at radius 3 is 2.60 bits per heavy atom. The van der Waals surface area contributed by atoms with Crippen molar-refractivity contribution in [3.8, 4) is 0 Å². The normalized spacial score (nSPS) is 10.6. The number of anilines is 1. The molecule has 2 rings (SSSR count). The Morgan fingerprint density at radius 1 is 1.20 bits per heavy atom. The van der Waals surface area contributed by atoms with Crippen LogP contribution in [0, 0.1) is 6.92 Å². The molecular formula is C18H20Br2N2O2S. The second-order valence-electron chi connectivity index (χ2n) is 5.82. The number of hydrogen-bond acceptors (Lipinski definition) is 3. The Labute approximate surface area is 168 Å². The molecule has 1 N–H and O–H groups in total. The smallest absolute Gasteiger partial charge is 0.243 e. The Morgan fingerprint density at radius 2 is 1.96 bits per heavy atom. The molecule has 0 saturated carbocycles. The highest BCUT2D eigenvalue weighted by Gasteiger charge is 2.13. The summed E-state index contributed by atoms with van der Waals surface area (Å²) in [6.07, 6.45) is 2.10. The molecule has 0 fully saturated rings. The quantitative estimate of drug-likeness (QED) is 0.597. The lowest BCUT2D eigenvalue weighted by Crippen LogP contribution is -2.34. The summed E-state index contributed by atoms with van der Waals surface area (Å²) in [6.45, 7) is 1.98. The van der Waals surface area contributed by atoms with Gasteiger partial charge in [0.25, 0.3) is 0 Å². The van der Waals surface area contributed by atoms with Gasteiger partial charge in [-0.1, -0.05) is 15.9 Å². The molecule has 134 valence electrons. The minimum Gasteiger partial charge on any atom is -0.336 e. The monoisotopic (exact) mass is 486 g/mol. The largest absolute Gasteiger partial charge is 0.336 e. The molecule has 1 aromatic heterocycles. The van der Waals surface area contributed by atoms with Crippen molar-refractivity contribution in [2.75, 3.05) is 18.9 Å². The van der Waals surface area contributed by atoms with Gasteiger partial charge < -0.3 is 10.2 Å². The number of nitrogens with one attached hydrogen (secondary N) is 1. The lowest BCUT2D eigenvalue weighted by atomic mass is 10.2. The number of thiophene rings is 1. The number of carbonyl (C=O) groups excluding carboxylic acids is 2. The molecule has 0 bridgehead atoms. The van der Waals surface area contributed by atoms with Crippen LogP contribution in [0.5, 0.6) is 0 Å². The topological polar surface area (TPSA) is 49.4 Å². The summed E-state index contributed by atoms with van der Waals surface area (Å²) in [5, 5.41) is 2.85. The molecule has 0 spiro atoms. The number of amides is 2. The highest BCUT2D eigenvalue weighted by atomic mass is 79.9. The minimum absolute atomic E-state index is 0.0155. The fraction of sp³-hybridized carbons (Fsp3) is 0.333. The van der Waals surface area contributed by atoms with Crippen molar-refractivity contribution < 1.29 is 9.59 Å². The van der Waals surface area contributed by atoms with E-state index in [0.29, 0.717) is 6.42 Å². The number of halogens is 2. The van der Waals surface area contributed by atoms with Crippen LogP contribution in [0.3, 0.4) is 0 Å². The summed E-state index contributed by atoms with van der Waals surface area (Å²) in [7, 11) is 1.66. The van der Waals surface area contributed by atoms with Crippen LogP contribution < -0.4 is 5.32 Å². The molecule has 7 heteroatoms. The first-order chi connectivity index (χ1) is 11.8. The molecular weight excluding hydrogens is 468 g/mol. The van der Waals surface area contributed by atoms with Crippen LogP contribution in [0.15, 0.2) is 38.6 Å². The highest BCUT2D eigenvalue weighted by Crippen LogP contribution is 2.23. The third kappa shape index (κ3) is 6.56. The van der Waals surface area contributed by atoms with Gasteiger partial charge in [-0.25, -0.2) is 0 Å². The van der Waals surface area contributed by atoms with Crippen LogP contribution >= 0.6 is 43.2 Å². The molecule has 1 aromatic carbocycles. The third-order valence-corrected chi connectivity index (χ3v) is 5.89. The van der Waals surface area contributed by atoms with Gasteiger partial charge in [-0.2, -0.15) is 0 Å². The molecule has 1 heterocycles. The summed E-state index contributed by atoms with van der Waals surface area (Å²) >= 11 is 8.52. The van der Waals surface area contributed by atoms with Crippen molar-refractivity contribution in [2.24, 2.45) is 0 Å². The molecule has 0 unspecified atom stereocenters. The second-order valence-corrected chi connectivity index (χ2v) is 9.28. The average molecular weight is 488 g/mol. The first kappa shape index (κ1) is 20.1. The predicted octanol–water partition coefficient (Wildman–Crippen LogP) is 5.00. The summed E-state index contributed by atoms with van der Waals surface area (Å²) in [5.41, 5.74) is 1.73. The van der Waals surface area contributed by atoms with Gasteiger partial charge >= 0.3 is 0 Å². The molecule has 0 aliphatic carbocycles. The number of nitrogens with zero attached hydrogens (tertiary/aromatic N) is 1. The molecule has 0 aliphatic heterocycles. The summed E-state index contributed by atoms with van der Waals surface area (Å²) in [5.74, 6) is -0.207. The molecule has 2 amide bonds. The molecule has 25 heavy (non-hydrogen) atoms. The van der Waals surface area contributed by atoms with Crippen molar-refractivity contribution in [3.05, 3.63) is 49.0 Å². The van der Waals surface area contributed by atoms with Crippen LogP contribution in [0.1, 0.15) is 23.3 Å². The van der Waals surface area contributed by atoms with Crippen molar-refractivity contribution in [2.45, 2.75) is 26.2 Å². The summed E-state index contributed by atoms with van der Waals surface area (Å²) in [6, 6.07) is 9.74. The van der Waals surface area contributed by atoms with E-state index in [4.69, 9.17) is 0 Å². The van der Waals surface area contributed by atoms with E-state index in [9.17, 15) is 9.59 Å². The van der Waals surface area contributed by atoms with Gasteiger partial charge in [0.05, 0.1) is 10.3 Å². The Bertz CT molecular complexity index is 761. The lowest BCUT2D eigenvalue weighted by molar-refractivity contribution is -0.133. The van der Waals surface area contributed by atoms with Crippen molar-refractivity contribution in [1.29, 1.82) is 0 Å². The standard InChI is InChI=1S/C18H20Br2N2O2S/c1-12-10-13(19)6-8-15(12)21-17(23)11-22(2)18(24)5-3-4-14-7-9-16(20)25-14/h6-10H,3-5,11H2,1-2H3,(H,21,23). The van der Waals surface area contributed by atoms with E-state index in [-0.39, 0.29) is 18.4 Å².